The molecule has 0 saturated carbocycles. The van der Waals surface area contributed by atoms with E-state index in [1.54, 1.807) is 0 Å². The highest BCUT2D eigenvalue weighted by atomic mass is 16.5. The van der Waals surface area contributed by atoms with Crippen molar-refractivity contribution in [3.63, 3.8) is 0 Å². The molecule has 86 valence electrons. The normalized spacial score (nSPS) is 15.7. The van der Waals surface area contributed by atoms with E-state index in [-0.39, 0.29) is 6.61 Å². The van der Waals surface area contributed by atoms with Gasteiger partial charge in [0.15, 0.2) is 0 Å². The molecule has 0 amide bonds. The minimum atomic E-state index is 0.0593. The van der Waals surface area contributed by atoms with Crippen LogP contribution in [-0.4, -0.2) is 24.8 Å². The van der Waals surface area contributed by atoms with Gasteiger partial charge in [-0.2, -0.15) is 0 Å². The number of ether oxygens (including phenoxy) is 1. The second kappa shape index (κ2) is 5.68. The molecule has 0 unspecified atom stereocenters. The predicted molar refractivity (Wildman–Crippen MR) is 63.4 cm³/mol. The highest BCUT2D eigenvalue weighted by Gasteiger charge is 2.03. The van der Waals surface area contributed by atoms with Crippen molar-refractivity contribution in [3.05, 3.63) is 41.5 Å². The molecule has 0 aromatic heterocycles. The van der Waals surface area contributed by atoms with Crippen LogP contribution in [0.2, 0.25) is 0 Å². The first-order valence-corrected chi connectivity index (χ1v) is 5.60. The molecule has 1 aliphatic heterocycles. The third kappa shape index (κ3) is 3.08. The smallest absolute Gasteiger partial charge is 0.120 e. The Kier molecular flexibility index (Phi) is 3.97. The molecule has 0 atom stereocenters. The highest BCUT2D eigenvalue weighted by molar-refractivity contribution is 5.28. The van der Waals surface area contributed by atoms with Crippen LogP contribution < -0.4 is 10.1 Å². The maximum absolute atomic E-state index is 9.00. The van der Waals surface area contributed by atoms with Crippen LogP contribution in [0.4, 0.5) is 0 Å². The Labute approximate surface area is 95.7 Å². The van der Waals surface area contributed by atoms with Gasteiger partial charge in [-0.25, -0.2) is 0 Å². The van der Waals surface area contributed by atoms with Gasteiger partial charge >= 0.3 is 0 Å². The van der Waals surface area contributed by atoms with Crippen LogP contribution in [0.25, 0.3) is 0 Å². The molecule has 0 saturated heterocycles. The molecule has 1 aromatic carbocycles. The lowest BCUT2D eigenvalue weighted by Gasteiger charge is -2.15. The van der Waals surface area contributed by atoms with E-state index in [2.05, 4.69) is 11.4 Å². The number of hydrogen-bond acceptors (Lipinski definition) is 3. The van der Waals surface area contributed by atoms with Crippen molar-refractivity contribution < 1.29 is 9.84 Å². The molecule has 3 nitrogen and oxygen atoms in total. The fourth-order valence-electron chi connectivity index (χ4n) is 1.71. The summed E-state index contributed by atoms with van der Waals surface area (Å²) in [5, 5.41) is 12.3. The van der Waals surface area contributed by atoms with E-state index in [4.69, 9.17) is 9.84 Å². The average molecular weight is 219 g/mol. The minimum Gasteiger partial charge on any atom is -0.489 e. The number of aliphatic hydroxyl groups excluding tert-OH is 1. The van der Waals surface area contributed by atoms with Gasteiger partial charge in [-0.05, 0) is 36.2 Å². The van der Waals surface area contributed by atoms with E-state index in [0.717, 1.165) is 30.8 Å². The lowest BCUT2D eigenvalue weighted by molar-refractivity contribution is 0.280. The Morgan fingerprint density at radius 1 is 1.38 bits per heavy atom. The first kappa shape index (κ1) is 11.2. The van der Waals surface area contributed by atoms with Gasteiger partial charge in [-0.3, -0.25) is 0 Å². The molecule has 0 aliphatic carbocycles. The van der Waals surface area contributed by atoms with E-state index >= 15 is 0 Å². The molecule has 2 N–H and O–H groups in total. The topological polar surface area (TPSA) is 41.5 Å². The van der Waals surface area contributed by atoms with Crippen LogP contribution in [0.15, 0.2) is 35.9 Å². The molecule has 0 spiro atoms. The van der Waals surface area contributed by atoms with Crippen molar-refractivity contribution in [1.29, 1.82) is 0 Å². The fraction of sp³-hybridized carbons (Fsp3) is 0.385. The van der Waals surface area contributed by atoms with E-state index in [9.17, 15) is 0 Å². The quantitative estimate of drug-likeness (QED) is 0.754. The van der Waals surface area contributed by atoms with E-state index in [0.29, 0.717) is 6.61 Å². The summed E-state index contributed by atoms with van der Waals surface area (Å²) in [5.74, 6) is 0.825. The number of benzene rings is 1. The van der Waals surface area contributed by atoms with E-state index in [1.807, 2.05) is 24.3 Å². The Bertz CT molecular complexity index is 374. The van der Waals surface area contributed by atoms with Crippen LogP contribution in [0.1, 0.15) is 12.0 Å². The first-order valence-electron chi connectivity index (χ1n) is 5.60. The standard InChI is InChI=1S/C13H17NO2/c15-9-12-2-1-3-13(8-12)16-10-11-4-6-14-7-5-11/h1-4,8,14-15H,5-7,9-10H2. The van der Waals surface area contributed by atoms with Crippen LogP contribution in [0.3, 0.4) is 0 Å². The van der Waals surface area contributed by atoms with Gasteiger partial charge in [0.05, 0.1) is 6.61 Å². The zero-order valence-corrected chi connectivity index (χ0v) is 9.28. The zero-order chi connectivity index (χ0) is 11.2. The number of hydrogen-bond donors (Lipinski definition) is 2. The minimum absolute atomic E-state index is 0.0593. The van der Waals surface area contributed by atoms with Crippen molar-refractivity contribution in [2.24, 2.45) is 0 Å². The van der Waals surface area contributed by atoms with Gasteiger partial charge in [-0.15, -0.1) is 0 Å². The summed E-state index contributed by atoms with van der Waals surface area (Å²) in [6.07, 6.45) is 3.24. The molecule has 1 aliphatic rings. The van der Waals surface area contributed by atoms with Crippen LogP contribution >= 0.6 is 0 Å². The van der Waals surface area contributed by atoms with Crippen molar-refractivity contribution in [2.75, 3.05) is 19.7 Å². The molecule has 0 fully saturated rings. The molecule has 0 radical (unpaired) electrons. The van der Waals surface area contributed by atoms with Gasteiger partial charge in [-0.1, -0.05) is 18.2 Å². The Morgan fingerprint density at radius 3 is 3.06 bits per heavy atom. The Hall–Kier alpha value is -1.32. The van der Waals surface area contributed by atoms with Crippen molar-refractivity contribution in [1.82, 2.24) is 5.32 Å². The summed E-state index contributed by atoms with van der Waals surface area (Å²) in [6, 6.07) is 7.58. The summed E-state index contributed by atoms with van der Waals surface area (Å²) >= 11 is 0. The van der Waals surface area contributed by atoms with Crippen LogP contribution in [0, 0.1) is 0 Å². The second-order valence-corrected chi connectivity index (χ2v) is 3.91. The molecule has 16 heavy (non-hydrogen) atoms. The van der Waals surface area contributed by atoms with Gasteiger partial charge < -0.3 is 15.2 Å². The van der Waals surface area contributed by atoms with Crippen LogP contribution in [-0.2, 0) is 6.61 Å². The van der Waals surface area contributed by atoms with Gasteiger partial charge in [0, 0.05) is 6.54 Å². The number of aliphatic hydroxyl groups is 1. The van der Waals surface area contributed by atoms with Crippen molar-refractivity contribution >= 4 is 0 Å². The molecule has 0 bridgehead atoms. The lowest BCUT2D eigenvalue weighted by Crippen LogP contribution is -2.22. The fourth-order valence-corrected chi connectivity index (χ4v) is 1.71. The predicted octanol–water partition coefficient (Wildman–Crippen LogP) is 1.48. The molecule has 2 rings (SSSR count). The third-order valence-electron chi connectivity index (χ3n) is 2.66. The summed E-state index contributed by atoms with van der Waals surface area (Å²) in [7, 11) is 0. The second-order valence-electron chi connectivity index (χ2n) is 3.91. The van der Waals surface area contributed by atoms with Gasteiger partial charge in [0.25, 0.3) is 0 Å². The third-order valence-corrected chi connectivity index (χ3v) is 2.66. The Morgan fingerprint density at radius 2 is 2.31 bits per heavy atom. The van der Waals surface area contributed by atoms with Crippen molar-refractivity contribution in [3.8, 4) is 5.75 Å². The van der Waals surface area contributed by atoms with Crippen LogP contribution in [0.5, 0.6) is 5.75 Å². The summed E-state index contributed by atoms with van der Waals surface area (Å²) < 4.78 is 5.68. The zero-order valence-electron chi connectivity index (χ0n) is 9.28. The lowest BCUT2D eigenvalue weighted by atomic mass is 10.1. The molecular weight excluding hydrogens is 202 g/mol. The molecular formula is C13H17NO2. The summed E-state index contributed by atoms with van der Waals surface area (Å²) in [4.78, 5) is 0. The molecule has 3 heteroatoms. The van der Waals surface area contributed by atoms with E-state index in [1.165, 1.54) is 5.57 Å². The van der Waals surface area contributed by atoms with Gasteiger partial charge in [0.2, 0.25) is 0 Å². The van der Waals surface area contributed by atoms with E-state index < -0.39 is 0 Å². The highest BCUT2D eigenvalue weighted by Crippen LogP contribution is 2.15. The first-order chi connectivity index (χ1) is 7.88. The Balaban J connectivity index is 1.91. The van der Waals surface area contributed by atoms with Crippen molar-refractivity contribution in [2.45, 2.75) is 13.0 Å². The molecule has 1 heterocycles. The number of nitrogens with one attached hydrogen (secondary N) is 1. The summed E-state index contributed by atoms with van der Waals surface area (Å²) in [6.45, 7) is 2.68. The average Bonchev–Trinajstić information content (AvgIpc) is 2.38. The largest absolute Gasteiger partial charge is 0.489 e. The maximum Gasteiger partial charge on any atom is 0.120 e. The monoisotopic (exact) mass is 219 g/mol. The SMILES string of the molecule is OCc1cccc(OCC2=CCNCC2)c1. The number of rotatable bonds is 4. The summed E-state index contributed by atoms with van der Waals surface area (Å²) in [5.41, 5.74) is 2.23. The molecule has 1 aromatic rings. The maximum atomic E-state index is 9.00. The van der Waals surface area contributed by atoms with Gasteiger partial charge in [0.1, 0.15) is 12.4 Å².